The Morgan fingerprint density at radius 3 is 1.71 bits per heavy atom. The lowest BCUT2D eigenvalue weighted by atomic mass is 10.3. The van der Waals surface area contributed by atoms with Crippen LogP contribution in [0.3, 0.4) is 0 Å². The Kier molecular flexibility index (Phi) is 6.37. The minimum absolute atomic E-state index is 1.11. The lowest BCUT2D eigenvalue weighted by Crippen LogP contribution is -2.52. The third-order valence-corrected chi connectivity index (χ3v) is 9.25. The lowest BCUT2D eigenvalue weighted by Gasteiger charge is -2.40. The van der Waals surface area contributed by atoms with Gasteiger partial charge < -0.3 is 4.57 Å². The fraction of sp³-hybridized carbons (Fsp3) is 0.833. The Morgan fingerprint density at radius 1 is 1.07 bits per heavy atom. The number of hydrogen-bond acceptors (Lipinski definition) is 1. The molecule has 0 fully saturated rings. The fourth-order valence-corrected chi connectivity index (χ4v) is 6.48. The summed E-state index contributed by atoms with van der Waals surface area (Å²) in [7, 11) is -1.14. The zero-order chi connectivity index (χ0) is 11.2. The Labute approximate surface area is 91.3 Å². The van der Waals surface area contributed by atoms with E-state index in [9.17, 15) is 0 Å². The van der Waals surface area contributed by atoms with Crippen LogP contribution in [0.1, 0.15) is 34.6 Å². The number of likely N-dealkylation sites (N-methyl/N-ethyl adjacent to an activating group) is 1. The van der Waals surface area contributed by atoms with E-state index in [1.807, 2.05) is 0 Å². The normalized spacial score (nSPS) is 12.1. The predicted octanol–water partition coefficient (Wildman–Crippen LogP) is 3.89. The molecule has 0 bridgehead atoms. The molecule has 0 aromatic rings. The first-order chi connectivity index (χ1) is 6.56. The fourth-order valence-electron chi connectivity index (χ4n) is 2.36. The maximum Gasteiger partial charge on any atom is 0.127 e. The van der Waals surface area contributed by atoms with E-state index in [0.717, 1.165) is 6.54 Å². The van der Waals surface area contributed by atoms with Crippen LogP contribution in [0.5, 0.6) is 0 Å². The van der Waals surface area contributed by atoms with Gasteiger partial charge in [0.15, 0.2) is 0 Å². The minimum Gasteiger partial charge on any atom is -0.320 e. The summed E-state index contributed by atoms with van der Waals surface area (Å²) < 4.78 is 2.72. The molecule has 0 saturated carbocycles. The van der Waals surface area contributed by atoms with Crippen LogP contribution in [0.25, 0.3) is 0 Å². The summed E-state index contributed by atoms with van der Waals surface area (Å²) in [6.07, 6.45) is 0. The molecule has 0 saturated heterocycles. The summed E-state index contributed by atoms with van der Waals surface area (Å²) in [6, 6.07) is 4.13. The molecule has 0 aromatic heterocycles. The quantitative estimate of drug-likeness (QED) is 0.458. The Morgan fingerprint density at radius 2 is 1.50 bits per heavy atom. The maximum atomic E-state index is 4.04. The van der Waals surface area contributed by atoms with Gasteiger partial charge in [0.05, 0.1) is 0 Å². The van der Waals surface area contributed by atoms with Crippen molar-refractivity contribution in [2.45, 2.75) is 52.8 Å². The average molecular weight is 213 g/mol. The van der Waals surface area contributed by atoms with Crippen molar-refractivity contribution in [1.82, 2.24) is 4.57 Å². The Balaban J connectivity index is 4.64. The van der Waals surface area contributed by atoms with Gasteiger partial charge in [0, 0.05) is 6.54 Å². The molecule has 2 heteroatoms. The highest BCUT2D eigenvalue weighted by atomic mass is 28.3. The minimum atomic E-state index is -1.14. The lowest BCUT2D eigenvalue weighted by molar-refractivity contribution is 0.467. The van der Waals surface area contributed by atoms with E-state index in [2.05, 4.69) is 45.8 Å². The summed E-state index contributed by atoms with van der Waals surface area (Å²) in [5.74, 6) is 0. The van der Waals surface area contributed by atoms with Gasteiger partial charge in [-0.25, -0.2) is 0 Å². The van der Waals surface area contributed by atoms with E-state index in [0.29, 0.717) is 0 Å². The van der Waals surface area contributed by atoms with Crippen LogP contribution in [0.15, 0.2) is 12.2 Å². The molecule has 0 aliphatic heterocycles. The molecule has 0 N–H and O–H groups in total. The van der Waals surface area contributed by atoms with E-state index < -0.39 is 8.24 Å². The molecule has 0 heterocycles. The monoisotopic (exact) mass is 213 g/mol. The van der Waals surface area contributed by atoms with Gasteiger partial charge in [0.1, 0.15) is 8.24 Å². The highest BCUT2D eigenvalue weighted by molar-refractivity contribution is 6.77. The summed E-state index contributed by atoms with van der Waals surface area (Å²) in [5, 5.41) is 0. The first-order valence-electron chi connectivity index (χ1n) is 5.95. The molecular weight excluding hydrogens is 186 g/mol. The van der Waals surface area contributed by atoms with Crippen molar-refractivity contribution < 1.29 is 0 Å². The number of rotatable bonds is 7. The highest BCUT2D eigenvalue weighted by Crippen LogP contribution is 2.25. The second-order valence-electron chi connectivity index (χ2n) is 4.26. The largest absolute Gasteiger partial charge is 0.320 e. The van der Waals surface area contributed by atoms with E-state index in [1.165, 1.54) is 30.3 Å². The maximum absolute atomic E-state index is 4.04. The molecular formula is C12H27NSi. The van der Waals surface area contributed by atoms with Crippen LogP contribution < -0.4 is 0 Å². The third kappa shape index (κ3) is 3.25. The van der Waals surface area contributed by atoms with Gasteiger partial charge >= 0.3 is 0 Å². The van der Waals surface area contributed by atoms with Gasteiger partial charge in [-0.3, -0.25) is 0 Å². The zero-order valence-corrected chi connectivity index (χ0v) is 11.7. The van der Waals surface area contributed by atoms with Crippen molar-refractivity contribution in [3.63, 3.8) is 0 Å². The number of nitrogens with zero attached hydrogens (tertiary/aromatic N) is 1. The van der Waals surface area contributed by atoms with Crippen molar-refractivity contribution in [3.8, 4) is 0 Å². The molecule has 0 aliphatic rings. The van der Waals surface area contributed by atoms with E-state index in [1.54, 1.807) is 0 Å². The molecule has 0 amide bonds. The highest BCUT2D eigenvalue weighted by Gasteiger charge is 2.32. The third-order valence-electron chi connectivity index (χ3n) is 3.49. The second kappa shape index (κ2) is 6.41. The summed E-state index contributed by atoms with van der Waals surface area (Å²) in [4.78, 5) is 0. The molecule has 0 aliphatic carbocycles. The SMILES string of the molecule is C=C(C)CN(CC)[Si](CC)(CC)CC. The Bertz CT molecular complexity index is 165. The van der Waals surface area contributed by atoms with E-state index in [4.69, 9.17) is 0 Å². The van der Waals surface area contributed by atoms with Crippen LogP contribution >= 0.6 is 0 Å². The topological polar surface area (TPSA) is 3.24 Å². The first kappa shape index (κ1) is 13.9. The van der Waals surface area contributed by atoms with Crippen molar-refractivity contribution >= 4 is 8.24 Å². The average Bonchev–Trinajstić information content (AvgIpc) is 2.19. The van der Waals surface area contributed by atoms with Crippen LogP contribution in [0.2, 0.25) is 18.1 Å². The molecule has 0 aromatic carbocycles. The molecule has 84 valence electrons. The van der Waals surface area contributed by atoms with E-state index >= 15 is 0 Å². The van der Waals surface area contributed by atoms with Crippen LogP contribution in [-0.4, -0.2) is 25.9 Å². The Hall–Kier alpha value is -0.0831. The second-order valence-corrected chi connectivity index (χ2v) is 9.46. The summed E-state index contributed by atoms with van der Waals surface area (Å²) >= 11 is 0. The van der Waals surface area contributed by atoms with Crippen molar-refractivity contribution in [2.75, 3.05) is 13.1 Å². The molecule has 0 unspecified atom stereocenters. The first-order valence-corrected chi connectivity index (χ1v) is 8.52. The summed E-state index contributed by atoms with van der Waals surface area (Å²) in [5.41, 5.74) is 1.30. The molecule has 0 rings (SSSR count). The summed E-state index contributed by atoms with van der Waals surface area (Å²) in [6.45, 7) is 17.8. The van der Waals surface area contributed by atoms with Gasteiger partial charge in [-0.1, -0.05) is 39.8 Å². The van der Waals surface area contributed by atoms with Crippen molar-refractivity contribution in [2.24, 2.45) is 0 Å². The van der Waals surface area contributed by atoms with Crippen molar-refractivity contribution in [1.29, 1.82) is 0 Å². The zero-order valence-electron chi connectivity index (χ0n) is 10.7. The van der Waals surface area contributed by atoms with Gasteiger partial charge in [-0.05, 0) is 31.6 Å². The van der Waals surface area contributed by atoms with Crippen LogP contribution in [-0.2, 0) is 0 Å². The molecule has 0 radical (unpaired) electrons. The van der Waals surface area contributed by atoms with Crippen molar-refractivity contribution in [3.05, 3.63) is 12.2 Å². The van der Waals surface area contributed by atoms with Gasteiger partial charge in [0.2, 0.25) is 0 Å². The van der Waals surface area contributed by atoms with Gasteiger partial charge in [0.25, 0.3) is 0 Å². The van der Waals surface area contributed by atoms with Crippen LogP contribution in [0.4, 0.5) is 0 Å². The smallest absolute Gasteiger partial charge is 0.127 e. The van der Waals surface area contributed by atoms with E-state index in [-0.39, 0.29) is 0 Å². The molecule has 0 atom stereocenters. The van der Waals surface area contributed by atoms with Gasteiger partial charge in [-0.15, -0.1) is 0 Å². The molecule has 1 nitrogen and oxygen atoms in total. The predicted molar refractivity (Wildman–Crippen MR) is 69.3 cm³/mol. The molecule has 14 heavy (non-hydrogen) atoms. The number of hydrogen-bond donors (Lipinski definition) is 0. The van der Waals surface area contributed by atoms with Gasteiger partial charge in [-0.2, -0.15) is 0 Å². The van der Waals surface area contributed by atoms with Crippen LogP contribution in [0, 0.1) is 0 Å². The molecule has 0 spiro atoms. The standard InChI is InChI=1S/C12H27NSi/c1-7-13(11-12(5)6)14(8-2,9-3)10-4/h5,7-11H2,1-4,6H3.